The summed E-state index contributed by atoms with van der Waals surface area (Å²) < 4.78 is 33.9. The summed E-state index contributed by atoms with van der Waals surface area (Å²) in [6, 6.07) is 6.29. The van der Waals surface area contributed by atoms with Crippen molar-refractivity contribution in [1.29, 1.82) is 0 Å². The largest absolute Gasteiger partial charge is 0.494 e. The van der Waals surface area contributed by atoms with Crippen LogP contribution >= 0.6 is 0 Å². The number of sulfonamides is 1. The van der Waals surface area contributed by atoms with Gasteiger partial charge >= 0.3 is 0 Å². The standard InChI is InChI=1S/C13H17N3O3S/c1-4-19-11-5-7-12(8-6-11)20(17,18)15-13-9-14-16(3)10(13)2/h5-9,15H,4H2,1-3H3. The van der Waals surface area contributed by atoms with Gasteiger partial charge in [-0.3, -0.25) is 9.40 Å². The van der Waals surface area contributed by atoms with Crippen LogP contribution in [0.1, 0.15) is 12.6 Å². The van der Waals surface area contributed by atoms with Crippen LogP contribution in [0.15, 0.2) is 35.4 Å². The highest BCUT2D eigenvalue weighted by Gasteiger charge is 2.16. The number of ether oxygens (including phenoxy) is 1. The first-order chi connectivity index (χ1) is 9.44. The van der Waals surface area contributed by atoms with Gasteiger partial charge in [-0.15, -0.1) is 0 Å². The zero-order chi connectivity index (χ0) is 14.8. The topological polar surface area (TPSA) is 73.2 Å². The predicted molar refractivity (Wildman–Crippen MR) is 76.4 cm³/mol. The third kappa shape index (κ3) is 2.93. The van der Waals surface area contributed by atoms with Crippen molar-refractivity contribution in [1.82, 2.24) is 9.78 Å². The molecule has 2 aromatic rings. The van der Waals surface area contributed by atoms with Gasteiger partial charge in [-0.05, 0) is 38.1 Å². The van der Waals surface area contributed by atoms with Crippen LogP contribution in [0, 0.1) is 6.92 Å². The van der Waals surface area contributed by atoms with Crippen LogP contribution < -0.4 is 9.46 Å². The molecule has 1 aromatic carbocycles. The number of nitrogens with one attached hydrogen (secondary N) is 1. The first-order valence-corrected chi connectivity index (χ1v) is 7.66. The number of hydrogen-bond donors (Lipinski definition) is 1. The molecule has 0 bridgehead atoms. The number of anilines is 1. The smallest absolute Gasteiger partial charge is 0.262 e. The van der Waals surface area contributed by atoms with E-state index < -0.39 is 10.0 Å². The lowest BCUT2D eigenvalue weighted by atomic mass is 10.3. The maximum Gasteiger partial charge on any atom is 0.262 e. The molecule has 7 heteroatoms. The molecule has 0 saturated heterocycles. The lowest BCUT2D eigenvalue weighted by Gasteiger charge is -2.08. The van der Waals surface area contributed by atoms with E-state index in [0.717, 1.165) is 5.69 Å². The predicted octanol–water partition coefficient (Wildman–Crippen LogP) is 1.93. The molecule has 108 valence electrons. The molecule has 0 amide bonds. The van der Waals surface area contributed by atoms with E-state index in [9.17, 15) is 8.42 Å². The maximum absolute atomic E-state index is 12.2. The summed E-state index contributed by atoms with van der Waals surface area (Å²) in [4.78, 5) is 0.184. The van der Waals surface area contributed by atoms with E-state index in [-0.39, 0.29) is 4.90 Å². The van der Waals surface area contributed by atoms with Crippen molar-refractivity contribution in [2.45, 2.75) is 18.7 Å². The van der Waals surface area contributed by atoms with Crippen molar-refractivity contribution in [3.05, 3.63) is 36.2 Å². The normalized spacial score (nSPS) is 11.3. The van der Waals surface area contributed by atoms with Gasteiger partial charge in [0.05, 0.1) is 29.1 Å². The van der Waals surface area contributed by atoms with Crippen LogP contribution in [0.3, 0.4) is 0 Å². The van der Waals surface area contributed by atoms with Crippen molar-refractivity contribution in [2.24, 2.45) is 7.05 Å². The second-order valence-corrected chi connectivity index (χ2v) is 5.96. The zero-order valence-electron chi connectivity index (χ0n) is 11.6. The van der Waals surface area contributed by atoms with Gasteiger partial charge in [0.1, 0.15) is 5.75 Å². The molecule has 1 heterocycles. The number of benzene rings is 1. The highest BCUT2D eigenvalue weighted by Crippen LogP contribution is 2.20. The lowest BCUT2D eigenvalue weighted by molar-refractivity contribution is 0.340. The molecule has 1 aromatic heterocycles. The third-order valence-electron chi connectivity index (χ3n) is 2.92. The Hall–Kier alpha value is -2.02. The van der Waals surface area contributed by atoms with E-state index in [1.807, 2.05) is 6.92 Å². The zero-order valence-corrected chi connectivity index (χ0v) is 12.4. The average molecular weight is 295 g/mol. The van der Waals surface area contributed by atoms with Gasteiger partial charge in [0.2, 0.25) is 0 Å². The molecule has 0 aliphatic heterocycles. The van der Waals surface area contributed by atoms with E-state index in [1.165, 1.54) is 18.3 Å². The highest BCUT2D eigenvalue weighted by molar-refractivity contribution is 7.92. The molecule has 0 aliphatic rings. The summed E-state index contributed by atoms with van der Waals surface area (Å²) in [5, 5.41) is 4.00. The minimum Gasteiger partial charge on any atom is -0.494 e. The van der Waals surface area contributed by atoms with Crippen LogP contribution in [-0.4, -0.2) is 24.8 Å². The fourth-order valence-electron chi connectivity index (χ4n) is 1.68. The Balaban J connectivity index is 2.24. The molecule has 0 spiro atoms. The summed E-state index contributed by atoms with van der Waals surface area (Å²) in [5.41, 5.74) is 1.22. The van der Waals surface area contributed by atoms with Crippen LogP contribution in [0.5, 0.6) is 5.75 Å². The molecular weight excluding hydrogens is 278 g/mol. The minimum atomic E-state index is -3.61. The Morgan fingerprint density at radius 3 is 2.45 bits per heavy atom. The lowest BCUT2D eigenvalue weighted by Crippen LogP contribution is -2.13. The maximum atomic E-state index is 12.2. The second kappa shape index (κ2) is 5.54. The fraction of sp³-hybridized carbons (Fsp3) is 0.308. The van der Waals surface area contributed by atoms with Gasteiger partial charge in [0.15, 0.2) is 0 Å². The molecule has 0 fully saturated rings. The van der Waals surface area contributed by atoms with Crippen LogP contribution in [-0.2, 0) is 17.1 Å². The van der Waals surface area contributed by atoms with Gasteiger partial charge in [0.25, 0.3) is 10.0 Å². The van der Waals surface area contributed by atoms with Gasteiger partial charge < -0.3 is 4.74 Å². The van der Waals surface area contributed by atoms with E-state index in [1.54, 1.807) is 30.8 Å². The monoisotopic (exact) mass is 295 g/mol. The third-order valence-corrected chi connectivity index (χ3v) is 4.31. The Bertz CT molecular complexity index is 690. The van der Waals surface area contributed by atoms with Crippen LogP contribution in [0.2, 0.25) is 0 Å². The summed E-state index contributed by atoms with van der Waals surface area (Å²) in [6.07, 6.45) is 1.49. The molecule has 2 rings (SSSR count). The first kappa shape index (κ1) is 14.4. The molecular formula is C13H17N3O3S. The first-order valence-electron chi connectivity index (χ1n) is 6.18. The fourth-order valence-corrected chi connectivity index (χ4v) is 2.79. The molecule has 0 aliphatic carbocycles. The minimum absolute atomic E-state index is 0.184. The van der Waals surface area contributed by atoms with Crippen LogP contribution in [0.4, 0.5) is 5.69 Å². The van der Waals surface area contributed by atoms with Gasteiger partial charge in [-0.2, -0.15) is 5.10 Å². The number of nitrogens with zero attached hydrogens (tertiary/aromatic N) is 2. The molecule has 6 nitrogen and oxygen atoms in total. The molecule has 0 radical (unpaired) electrons. The Labute approximate surface area is 118 Å². The Kier molecular flexibility index (Phi) is 3.99. The number of aryl methyl sites for hydroxylation is 1. The molecule has 1 N–H and O–H groups in total. The number of hydrogen-bond acceptors (Lipinski definition) is 4. The number of rotatable bonds is 5. The SMILES string of the molecule is CCOc1ccc(S(=O)(=O)Nc2cnn(C)c2C)cc1. The molecule has 0 unspecified atom stereocenters. The molecule has 20 heavy (non-hydrogen) atoms. The summed E-state index contributed by atoms with van der Waals surface area (Å²) in [7, 11) is -1.86. The van der Waals surface area contributed by atoms with Crippen molar-refractivity contribution >= 4 is 15.7 Å². The summed E-state index contributed by atoms with van der Waals surface area (Å²) in [6.45, 7) is 4.21. The van der Waals surface area contributed by atoms with E-state index in [2.05, 4.69) is 9.82 Å². The number of aromatic nitrogens is 2. The van der Waals surface area contributed by atoms with Crippen LogP contribution in [0.25, 0.3) is 0 Å². The molecule has 0 saturated carbocycles. The van der Waals surface area contributed by atoms with E-state index in [4.69, 9.17) is 4.74 Å². The van der Waals surface area contributed by atoms with E-state index in [0.29, 0.717) is 18.0 Å². The second-order valence-electron chi connectivity index (χ2n) is 4.28. The van der Waals surface area contributed by atoms with Crippen molar-refractivity contribution in [3.63, 3.8) is 0 Å². The molecule has 0 atom stereocenters. The quantitative estimate of drug-likeness (QED) is 0.914. The van der Waals surface area contributed by atoms with Gasteiger partial charge in [-0.1, -0.05) is 0 Å². The van der Waals surface area contributed by atoms with E-state index >= 15 is 0 Å². The summed E-state index contributed by atoms with van der Waals surface area (Å²) in [5.74, 6) is 0.643. The Morgan fingerprint density at radius 2 is 1.95 bits per heavy atom. The van der Waals surface area contributed by atoms with Gasteiger partial charge in [0, 0.05) is 7.05 Å². The van der Waals surface area contributed by atoms with Gasteiger partial charge in [-0.25, -0.2) is 8.42 Å². The summed E-state index contributed by atoms with van der Waals surface area (Å²) >= 11 is 0. The van der Waals surface area contributed by atoms with Crippen molar-refractivity contribution in [2.75, 3.05) is 11.3 Å². The highest BCUT2D eigenvalue weighted by atomic mass is 32.2. The average Bonchev–Trinajstić information content (AvgIpc) is 2.71. The van der Waals surface area contributed by atoms with Crippen molar-refractivity contribution < 1.29 is 13.2 Å². The van der Waals surface area contributed by atoms with Crippen molar-refractivity contribution in [3.8, 4) is 5.75 Å². The Morgan fingerprint density at radius 1 is 1.30 bits per heavy atom.